The average molecular weight is 169 g/mol. The standard InChI is InChI=1S/C8H15N3O/c1-6(12-3)7(9)8-10-4-5-11(8)2/h4-7H,9H2,1-3H3. The molecule has 2 unspecified atom stereocenters. The van der Waals surface area contributed by atoms with Crippen molar-refractivity contribution in [1.82, 2.24) is 9.55 Å². The van der Waals surface area contributed by atoms with Crippen molar-refractivity contribution in [3.63, 3.8) is 0 Å². The van der Waals surface area contributed by atoms with Crippen LogP contribution < -0.4 is 5.73 Å². The molecule has 0 aliphatic heterocycles. The van der Waals surface area contributed by atoms with Crippen LogP contribution in [0.1, 0.15) is 18.8 Å². The van der Waals surface area contributed by atoms with Gasteiger partial charge < -0.3 is 15.0 Å². The second kappa shape index (κ2) is 3.69. The van der Waals surface area contributed by atoms with Gasteiger partial charge in [0.25, 0.3) is 0 Å². The second-order valence-electron chi connectivity index (χ2n) is 2.86. The summed E-state index contributed by atoms with van der Waals surface area (Å²) in [5.74, 6) is 0.851. The molecule has 4 nitrogen and oxygen atoms in total. The third-order valence-corrected chi connectivity index (χ3v) is 2.03. The Balaban J connectivity index is 2.77. The monoisotopic (exact) mass is 169 g/mol. The first-order valence-corrected chi connectivity index (χ1v) is 3.92. The van der Waals surface area contributed by atoms with Crippen molar-refractivity contribution in [3.8, 4) is 0 Å². The van der Waals surface area contributed by atoms with Crippen LogP contribution in [0, 0.1) is 0 Å². The molecule has 0 spiro atoms. The third-order valence-electron chi connectivity index (χ3n) is 2.03. The molecular weight excluding hydrogens is 154 g/mol. The van der Waals surface area contributed by atoms with E-state index in [2.05, 4.69) is 4.98 Å². The zero-order chi connectivity index (χ0) is 9.14. The molecular formula is C8H15N3O. The first-order chi connectivity index (χ1) is 5.66. The van der Waals surface area contributed by atoms with Gasteiger partial charge in [-0.25, -0.2) is 4.98 Å². The maximum atomic E-state index is 5.89. The van der Waals surface area contributed by atoms with E-state index in [9.17, 15) is 0 Å². The number of hydrogen-bond donors (Lipinski definition) is 1. The van der Waals surface area contributed by atoms with Crippen molar-refractivity contribution in [2.45, 2.75) is 19.1 Å². The molecule has 2 atom stereocenters. The molecule has 0 aliphatic carbocycles. The lowest BCUT2D eigenvalue weighted by molar-refractivity contribution is 0.0923. The molecule has 0 bridgehead atoms. The van der Waals surface area contributed by atoms with E-state index < -0.39 is 0 Å². The number of aromatic nitrogens is 2. The number of rotatable bonds is 3. The van der Waals surface area contributed by atoms with E-state index in [-0.39, 0.29) is 12.1 Å². The van der Waals surface area contributed by atoms with Gasteiger partial charge in [-0.15, -0.1) is 0 Å². The van der Waals surface area contributed by atoms with Crippen LogP contribution in [0.5, 0.6) is 0 Å². The summed E-state index contributed by atoms with van der Waals surface area (Å²) in [7, 11) is 3.57. The number of aryl methyl sites for hydroxylation is 1. The Morgan fingerprint density at radius 3 is 2.75 bits per heavy atom. The minimum Gasteiger partial charge on any atom is -0.380 e. The largest absolute Gasteiger partial charge is 0.380 e. The number of nitrogens with two attached hydrogens (primary N) is 1. The highest BCUT2D eigenvalue weighted by molar-refractivity contribution is 4.99. The zero-order valence-corrected chi connectivity index (χ0v) is 7.69. The summed E-state index contributed by atoms with van der Waals surface area (Å²) in [6, 6.07) is -0.157. The van der Waals surface area contributed by atoms with Gasteiger partial charge in [0.2, 0.25) is 0 Å². The second-order valence-corrected chi connectivity index (χ2v) is 2.86. The summed E-state index contributed by atoms with van der Waals surface area (Å²) in [5.41, 5.74) is 5.89. The van der Waals surface area contributed by atoms with E-state index in [1.165, 1.54) is 0 Å². The van der Waals surface area contributed by atoms with Crippen LogP contribution in [0.2, 0.25) is 0 Å². The molecule has 1 rings (SSSR count). The van der Waals surface area contributed by atoms with E-state index in [1.54, 1.807) is 13.3 Å². The van der Waals surface area contributed by atoms with Gasteiger partial charge in [-0.2, -0.15) is 0 Å². The van der Waals surface area contributed by atoms with Crippen LogP contribution >= 0.6 is 0 Å². The van der Waals surface area contributed by atoms with E-state index >= 15 is 0 Å². The van der Waals surface area contributed by atoms with Crippen LogP contribution in [0.15, 0.2) is 12.4 Å². The molecule has 0 fully saturated rings. The summed E-state index contributed by atoms with van der Waals surface area (Å²) < 4.78 is 7.02. The fourth-order valence-electron chi connectivity index (χ4n) is 1.05. The molecule has 0 saturated heterocycles. The molecule has 68 valence electrons. The van der Waals surface area contributed by atoms with Crippen molar-refractivity contribution < 1.29 is 4.74 Å². The SMILES string of the molecule is COC(C)C(N)c1nccn1C. The Labute approximate surface area is 72.3 Å². The highest BCUT2D eigenvalue weighted by atomic mass is 16.5. The van der Waals surface area contributed by atoms with Crippen LogP contribution in [-0.4, -0.2) is 22.8 Å². The minimum absolute atomic E-state index is 0.00824. The fraction of sp³-hybridized carbons (Fsp3) is 0.625. The first-order valence-electron chi connectivity index (χ1n) is 3.92. The predicted octanol–water partition coefficient (Wildman–Crippen LogP) is 0.455. The molecule has 1 aromatic rings. The molecule has 12 heavy (non-hydrogen) atoms. The summed E-state index contributed by atoms with van der Waals surface area (Å²) in [4.78, 5) is 4.14. The number of nitrogens with zero attached hydrogens (tertiary/aromatic N) is 2. The van der Waals surface area contributed by atoms with Gasteiger partial charge in [0, 0.05) is 26.6 Å². The van der Waals surface area contributed by atoms with E-state index in [0.717, 1.165) is 5.82 Å². The van der Waals surface area contributed by atoms with Crippen molar-refractivity contribution in [2.24, 2.45) is 12.8 Å². The lowest BCUT2D eigenvalue weighted by atomic mass is 10.2. The summed E-state index contributed by atoms with van der Waals surface area (Å²) in [6.07, 6.45) is 3.60. The van der Waals surface area contributed by atoms with Crippen LogP contribution in [-0.2, 0) is 11.8 Å². The van der Waals surface area contributed by atoms with Crippen molar-refractivity contribution in [2.75, 3.05) is 7.11 Å². The van der Waals surface area contributed by atoms with Crippen LogP contribution in [0.3, 0.4) is 0 Å². The van der Waals surface area contributed by atoms with Gasteiger partial charge in [0.15, 0.2) is 0 Å². The highest BCUT2D eigenvalue weighted by Crippen LogP contribution is 2.12. The van der Waals surface area contributed by atoms with E-state index in [4.69, 9.17) is 10.5 Å². The normalized spacial score (nSPS) is 16.0. The summed E-state index contributed by atoms with van der Waals surface area (Å²) in [6.45, 7) is 1.93. The molecule has 4 heteroatoms. The third kappa shape index (κ3) is 1.65. The molecule has 1 heterocycles. The number of hydrogen-bond acceptors (Lipinski definition) is 3. The van der Waals surface area contributed by atoms with E-state index in [0.29, 0.717) is 0 Å². The van der Waals surface area contributed by atoms with Gasteiger partial charge in [0.1, 0.15) is 5.82 Å². The Morgan fingerprint density at radius 2 is 2.33 bits per heavy atom. The molecule has 0 radical (unpaired) electrons. The molecule has 0 aliphatic rings. The molecule has 0 aromatic carbocycles. The lowest BCUT2D eigenvalue weighted by Crippen LogP contribution is -2.27. The van der Waals surface area contributed by atoms with Crippen LogP contribution in [0.25, 0.3) is 0 Å². The van der Waals surface area contributed by atoms with Gasteiger partial charge in [-0.3, -0.25) is 0 Å². The van der Waals surface area contributed by atoms with Gasteiger partial charge in [-0.1, -0.05) is 0 Å². The topological polar surface area (TPSA) is 53.1 Å². The summed E-state index contributed by atoms with van der Waals surface area (Å²) >= 11 is 0. The Morgan fingerprint density at radius 1 is 1.67 bits per heavy atom. The quantitative estimate of drug-likeness (QED) is 0.715. The Bertz CT molecular complexity index is 246. The maximum absolute atomic E-state index is 5.89. The molecule has 1 aromatic heterocycles. The summed E-state index contributed by atoms with van der Waals surface area (Å²) in [5, 5.41) is 0. The number of imidazole rings is 1. The van der Waals surface area contributed by atoms with Crippen molar-refractivity contribution in [3.05, 3.63) is 18.2 Å². The van der Waals surface area contributed by atoms with Crippen molar-refractivity contribution in [1.29, 1.82) is 0 Å². The lowest BCUT2D eigenvalue weighted by Gasteiger charge is -2.17. The van der Waals surface area contributed by atoms with Gasteiger partial charge >= 0.3 is 0 Å². The zero-order valence-electron chi connectivity index (χ0n) is 7.69. The van der Waals surface area contributed by atoms with Crippen LogP contribution in [0.4, 0.5) is 0 Å². The first kappa shape index (κ1) is 9.22. The maximum Gasteiger partial charge on any atom is 0.128 e. The minimum atomic E-state index is -0.157. The fourth-order valence-corrected chi connectivity index (χ4v) is 1.05. The highest BCUT2D eigenvalue weighted by Gasteiger charge is 2.17. The van der Waals surface area contributed by atoms with Gasteiger partial charge in [0.05, 0.1) is 12.1 Å². The number of ether oxygens (including phenoxy) is 1. The molecule has 2 N–H and O–H groups in total. The van der Waals surface area contributed by atoms with Gasteiger partial charge in [-0.05, 0) is 6.92 Å². The Kier molecular flexibility index (Phi) is 2.83. The Hall–Kier alpha value is -0.870. The smallest absolute Gasteiger partial charge is 0.128 e. The predicted molar refractivity (Wildman–Crippen MR) is 46.6 cm³/mol. The molecule has 0 saturated carbocycles. The number of methoxy groups -OCH3 is 1. The average Bonchev–Trinajstić information content (AvgIpc) is 2.48. The van der Waals surface area contributed by atoms with Crippen molar-refractivity contribution >= 4 is 0 Å². The van der Waals surface area contributed by atoms with E-state index in [1.807, 2.05) is 24.7 Å². The molecule has 0 amide bonds.